The van der Waals surface area contributed by atoms with Crippen LogP contribution < -0.4 is 16.4 Å². The van der Waals surface area contributed by atoms with Crippen molar-refractivity contribution in [3.05, 3.63) is 71.6 Å². The van der Waals surface area contributed by atoms with E-state index in [-0.39, 0.29) is 5.56 Å². The van der Waals surface area contributed by atoms with Crippen LogP contribution in [0.1, 0.15) is 41.3 Å². The summed E-state index contributed by atoms with van der Waals surface area (Å²) >= 11 is 0. The fourth-order valence-electron chi connectivity index (χ4n) is 2.41. The van der Waals surface area contributed by atoms with Crippen LogP contribution in [0.4, 0.5) is 11.4 Å². The highest BCUT2D eigenvalue weighted by Crippen LogP contribution is 2.26. The number of nitrogens with two attached hydrogens (primary N) is 1. The molecule has 32 heavy (non-hydrogen) atoms. The Balaban J connectivity index is 0. The number of carbonyl (C=O) groups is 3. The van der Waals surface area contributed by atoms with E-state index in [0.717, 1.165) is 22.8 Å². The zero-order valence-electron chi connectivity index (χ0n) is 19.0. The molecule has 0 fully saturated rings. The van der Waals surface area contributed by atoms with E-state index >= 15 is 0 Å². The minimum absolute atomic E-state index is 0.225. The molecule has 176 valence electrons. The summed E-state index contributed by atoms with van der Waals surface area (Å²) in [7, 11) is 1.50. The smallest absolute Gasteiger partial charge is 0.337 e. The number of hydrogen-bond donors (Lipinski definition) is 4. The van der Waals surface area contributed by atoms with Crippen LogP contribution in [0.5, 0.6) is 0 Å². The number of hydrogen-bond acceptors (Lipinski definition) is 8. The largest absolute Gasteiger partial charge is 0.478 e. The SMILES string of the molecule is C=O.C=O.CC.CN.Cc1cc(C(=O)O)c(NCc2ccco2)cc1NCc1ccco1. The number of anilines is 2. The molecule has 9 heteroatoms. The van der Waals surface area contributed by atoms with Crippen LogP contribution in [-0.4, -0.2) is 31.7 Å². The maximum Gasteiger partial charge on any atom is 0.337 e. The first kappa shape index (κ1) is 30.3. The molecule has 0 saturated carbocycles. The third-order valence-electron chi connectivity index (χ3n) is 3.66. The molecule has 5 N–H and O–H groups in total. The molecular weight excluding hydrogens is 414 g/mol. The van der Waals surface area contributed by atoms with E-state index in [0.29, 0.717) is 18.8 Å². The van der Waals surface area contributed by atoms with E-state index < -0.39 is 5.97 Å². The molecule has 3 rings (SSSR count). The molecule has 2 aromatic heterocycles. The maximum atomic E-state index is 11.5. The van der Waals surface area contributed by atoms with Crippen LogP contribution in [0.15, 0.2) is 57.8 Å². The standard InChI is InChI=1S/C18H18N2O4.C2H6.CH5N.2CH2O/c1-12-8-15(18(21)22)17(20-11-14-5-3-7-24-14)9-16(12)19-10-13-4-2-6-23-13;4*1-2/h2-9,19-20H,10-11H2,1H3,(H,21,22);1-2H3;2H2,1H3;2*1H2. The van der Waals surface area contributed by atoms with E-state index in [1.165, 1.54) is 7.05 Å². The molecule has 0 unspecified atom stereocenters. The van der Waals surface area contributed by atoms with Crippen LogP contribution in [0.3, 0.4) is 0 Å². The van der Waals surface area contributed by atoms with Crippen molar-refractivity contribution in [2.45, 2.75) is 33.9 Å². The lowest BCUT2D eigenvalue weighted by molar-refractivity contribution is -0.0987. The molecule has 0 aliphatic rings. The molecule has 2 heterocycles. The molecule has 0 radical (unpaired) electrons. The van der Waals surface area contributed by atoms with Gasteiger partial charge in [-0.2, -0.15) is 0 Å². The summed E-state index contributed by atoms with van der Waals surface area (Å²) in [6.45, 7) is 10.8. The highest BCUT2D eigenvalue weighted by molar-refractivity contribution is 5.95. The van der Waals surface area contributed by atoms with Crippen molar-refractivity contribution in [2.75, 3.05) is 17.7 Å². The highest BCUT2D eigenvalue weighted by atomic mass is 16.4. The fourth-order valence-corrected chi connectivity index (χ4v) is 2.41. The first-order chi connectivity index (χ1) is 15.6. The van der Waals surface area contributed by atoms with Crippen molar-refractivity contribution in [3.8, 4) is 0 Å². The van der Waals surface area contributed by atoms with Gasteiger partial charge in [-0.1, -0.05) is 13.8 Å². The van der Waals surface area contributed by atoms with Crippen molar-refractivity contribution >= 4 is 30.9 Å². The van der Waals surface area contributed by atoms with Crippen molar-refractivity contribution in [3.63, 3.8) is 0 Å². The first-order valence-corrected chi connectivity index (χ1v) is 9.69. The van der Waals surface area contributed by atoms with Crippen molar-refractivity contribution in [1.29, 1.82) is 0 Å². The number of aromatic carboxylic acids is 1. The average Bonchev–Trinajstić information content (AvgIpc) is 3.57. The number of carboxylic acid groups (broad SMARTS) is 1. The number of nitrogens with one attached hydrogen (secondary N) is 2. The van der Waals surface area contributed by atoms with E-state index in [9.17, 15) is 9.90 Å². The van der Waals surface area contributed by atoms with Gasteiger partial charge in [0.1, 0.15) is 25.1 Å². The summed E-state index contributed by atoms with van der Waals surface area (Å²) in [5.41, 5.74) is 6.95. The van der Waals surface area contributed by atoms with E-state index in [1.54, 1.807) is 30.7 Å². The van der Waals surface area contributed by atoms with Gasteiger partial charge in [0.05, 0.1) is 36.9 Å². The zero-order chi connectivity index (χ0) is 24.9. The quantitative estimate of drug-likeness (QED) is 0.415. The molecule has 9 nitrogen and oxygen atoms in total. The van der Waals surface area contributed by atoms with Gasteiger partial charge in [0.25, 0.3) is 0 Å². The Morgan fingerprint density at radius 3 is 1.72 bits per heavy atom. The van der Waals surface area contributed by atoms with Gasteiger partial charge in [0.2, 0.25) is 0 Å². The average molecular weight is 448 g/mol. The van der Waals surface area contributed by atoms with Crippen LogP contribution in [0, 0.1) is 6.92 Å². The predicted octanol–water partition coefficient (Wildman–Crippen LogP) is 4.33. The van der Waals surface area contributed by atoms with Gasteiger partial charge in [-0.05, 0) is 55.9 Å². The molecule has 0 spiro atoms. The summed E-state index contributed by atoms with van der Waals surface area (Å²) in [6, 6.07) is 10.8. The topological polar surface area (TPSA) is 148 Å². The Morgan fingerprint density at radius 1 is 0.906 bits per heavy atom. The molecule has 0 aliphatic heterocycles. The Labute approximate surface area is 188 Å². The second-order valence-corrected chi connectivity index (χ2v) is 5.38. The van der Waals surface area contributed by atoms with Crippen molar-refractivity contribution in [2.24, 2.45) is 5.73 Å². The van der Waals surface area contributed by atoms with Crippen LogP contribution >= 0.6 is 0 Å². The number of benzene rings is 1. The molecule has 0 aliphatic carbocycles. The third kappa shape index (κ3) is 10.3. The first-order valence-electron chi connectivity index (χ1n) is 9.69. The summed E-state index contributed by atoms with van der Waals surface area (Å²) < 4.78 is 10.6. The summed E-state index contributed by atoms with van der Waals surface area (Å²) in [4.78, 5) is 27.5. The van der Waals surface area contributed by atoms with Crippen LogP contribution in [0.2, 0.25) is 0 Å². The second kappa shape index (κ2) is 19.1. The lowest BCUT2D eigenvalue weighted by atomic mass is 10.1. The predicted molar refractivity (Wildman–Crippen MR) is 126 cm³/mol. The Hall–Kier alpha value is -3.85. The van der Waals surface area contributed by atoms with E-state index in [4.69, 9.17) is 18.4 Å². The minimum atomic E-state index is -0.974. The fraction of sp³-hybridized carbons (Fsp3) is 0.261. The molecular formula is C23H33N3O6. The molecule has 3 aromatic rings. The molecule has 0 amide bonds. The second-order valence-electron chi connectivity index (χ2n) is 5.38. The highest BCUT2D eigenvalue weighted by Gasteiger charge is 2.14. The van der Waals surface area contributed by atoms with Gasteiger partial charge in [0.15, 0.2) is 0 Å². The summed E-state index contributed by atoms with van der Waals surface area (Å²) in [6.07, 6.45) is 3.20. The summed E-state index contributed by atoms with van der Waals surface area (Å²) in [5, 5.41) is 15.8. The number of rotatable bonds is 7. The monoisotopic (exact) mass is 447 g/mol. The van der Waals surface area contributed by atoms with Gasteiger partial charge in [-0.15, -0.1) is 0 Å². The molecule has 1 aromatic carbocycles. The molecule has 0 saturated heterocycles. The number of carbonyl (C=O) groups excluding carboxylic acids is 2. The lowest BCUT2D eigenvalue weighted by Gasteiger charge is -2.14. The number of aryl methyl sites for hydroxylation is 1. The van der Waals surface area contributed by atoms with E-state index in [1.807, 2.05) is 52.5 Å². The third-order valence-corrected chi connectivity index (χ3v) is 3.66. The van der Waals surface area contributed by atoms with Crippen molar-refractivity contribution in [1.82, 2.24) is 0 Å². The molecule has 0 bridgehead atoms. The van der Waals surface area contributed by atoms with E-state index in [2.05, 4.69) is 16.4 Å². The van der Waals surface area contributed by atoms with Gasteiger partial charge in [-0.3, -0.25) is 0 Å². The van der Waals surface area contributed by atoms with Gasteiger partial charge in [-0.25, -0.2) is 4.79 Å². The van der Waals surface area contributed by atoms with Gasteiger partial charge < -0.3 is 39.9 Å². The number of furan rings is 2. The van der Waals surface area contributed by atoms with Crippen LogP contribution in [-0.2, 0) is 22.7 Å². The minimum Gasteiger partial charge on any atom is -0.478 e. The normalized spacial score (nSPS) is 8.53. The lowest BCUT2D eigenvalue weighted by Crippen LogP contribution is -2.09. The van der Waals surface area contributed by atoms with Crippen LogP contribution in [0.25, 0.3) is 0 Å². The maximum absolute atomic E-state index is 11.5. The number of carboxylic acids is 1. The Morgan fingerprint density at radius 2 is 1.34 bits per heavy atom. The molecule has 0 atom stereocenters. The van der Waals surface area contributed by atoms with Crippen molar-refractivity contribution < 1.29 is 28.3 Å². The Kier molecular flexibility index (Phi) is 18.1. The summed E-state index contributed by atoms with van der Waals surface area (Å²) in [5.74, 6) is 0.566. The van der Waals surface area contributed by atoms with Gasteiger partial charge >= 0.3 is 5.97 Å². The Bertz CT molecular complexity index is 847. The van der Waals surface area contributed by atoms with Gasteiger partial charge in [0, 0.05) is 5.69 Å². The zero-order valence-corrected chi connectivity index (χ0v) is 19.0.